The van der Waals surface area contributed by atoms with Gasteiger partial charge in [0.1, 0.15) is 5.75 Å². The molecular weight excluding hydrogens is 412 g/mol. The standard InChI is InChI=1S/C24H26N2O4S/c1-4-22(30-23-12-8-9-17(2)18(23)3)24(27)25-19-13-15-21(16-14-19)31(28,29)26-20-10-6-5-7-11-20/h5-16,22,26H,4H2,1-3H3,(H,25,27)/t22-/m0/s1. The highest BCUT2D eigenvalue weighted by Crippen LogP contribution is 2.23. The van der Waals surface area contributed by atoms with Crippen molar-refractivity contribution in [1.82, 2.24) is 0 Å². The highest BCUT2D eigenvalue weighted by Gasteiger charge is 2.20. The number of carbonyl (C=O) groups excluding carboxylic acids is 1. The van der Waals surface area contributed by atoms with E-state index in [1.54, 1.807) is 36.4 Å². The molecule has 1 atom stereocenters. The topological polar surface area (TPSA) is 84.5 Å². The molecule has 0 aliphatic heterocycles. The summed E-state index contributed by atoms with van der Waals surface area (Å²) in [4.78, 5) is 12.8. The molecule has 162 valence electrons. The molecule has 3 aromatic carbocycles. The van der Waals surface area contributed by atoms with Crippen molar-refractivity contribution in [3.8, 4) is 5.75 Å². The van der Waals surface area contributed by atoms with Crippen molar-refractivity contribution in [2.75, 3.05) is 10.0 Å². The van der Waals surface area contributed by atoms with Crippen molar-refractivity contribution in [3.05, 3.63) is 83.9 Å². The third kappa shape index (κ3) is 5.64. The van der Waals surface area contributed by atoms with E-state index in [-0.39, 0.29) is 10.8 Å². The molecule has 6 nitrogen and oxygen atoms in total. The number of aryl methyl sites for hydroxylation is 1. The molecular formula is C24H26N2O4S. The molecule has 31 heavy (non-hydrogen) atoms. The van der Waals surface area contributed by atoms with Gasteiger partial charge in [0, 0.05) is 11.4 Å². The first-order chi connectivity index (χ1) is 14.8. The van der Waals surface area contributed by atoms with E-state index in [1.165, 1.54) is 12.1 Å². The minimum atomic E-state index is -3.72. The Balaban J connectivity index is 1.68. The number of nitrogens with one attached hydrogen (secondary N) is 2. The van der Waals surface area contributed by atoms with Crippen molar-refractivity contribution in [2.24, 2.45) is 0 Å². The van der Waals surface area contributed by atoms with Crippen LogP contribution in [0.3, 0.4) is 0 Å². The van der Waals surface area contributed by atoms with Crippen LogP contribution >= 0.6 is 0 Å². The van der Waals surface area contributed by atoms with Crippen LogP contribution in [0.25, 0.3) is 0 Å². The lowest BCUT2D eigenvalue weighted by Gasteiger charge is -2.19. The maximum absolute atomic E-state index is 12.7. The number of rotatable bonds is 8. The maximum Gasteiger partial charge on any atom is 0.265 e. The van der Waals surface area contributed by atoms with Gasteiger partial charge in [-0.05, 0) is 73.9 Å². The van der Waals surface area contributed by atoms with E-state index in [4.69, 9.17) is 4.74 Å². The summed E-state index contributed by atoms with van der Waals surface area (Å²) in [5, 5.41) is 2.80. The average Bonchev–Trinajstić information content (AvgIpc) is 2.75. The Kier molecular flexibility index (Phi) is 6.97. The Bertz CT molecular complexity index is 1140. The van der Waals surface area contributed by atoms with Gasteiger partial charge in [-0.25, -0.2) is 8.42 Å². The van der Waals surface area contributed by atoms with Crippen LogP contribution in [0.5, 0.6) is 5.75 Å². The van der Waals surface area contributed by atoms with E-state index in [2.05, 4.69) is 10.0 Å². The predicted molar refractivity (Wildman–Crippen MR) is 123 cm³/mol. The van der Waals surface area contributed by atoms with Crippen LogP contribution in [-0.2, 0) is 14.8 Å². The molecule has 0 bridgehead atoms. The molecule has 0 heterocycles. The van der Waals surface area contributed by atoms with Crippen molar-refractivity contribution in [3.63, 3.8) is 0 Å². The first-order valence-corrected chi connectivity index (χ1v) is 11.5. The number of anilines is 2. The van der Waals surface area contributed by atoms with E-state index in [1.807, 2.05) is 45.0 Å². The molecule has 7 heteroatoms. The summed E-state index contributed by atoms with van der Waals surface area (Å²) in [6, 6.07) is 20.4. The van der Waals surface area contributed by atoms with Gasteiger partial charge in [0.15, 0.2) is 6.10 Å². The zero-order valence-electron chi connectivity index (χ0n) is 17.8. The van der Waals surface area contributed by atoms with Crippen molar-refractivity contribution in [1.29, 1.82) is 0 Å². The maximum atomic E-state index is 12.7. The molecule has 3 rings (SSSR count). The minimum Gasteiger partial charge on any atom is -0.480 e. The zero-order valence-corrected chi connectivity index (χ0v) is 18.6. The van der Waals surface area contributed by atoms with E-state index in [0.717, 1.165) is 11.1 Å². The van der Waals surface area contributed by atoms with E-state index >= 15 is 0 Å². The predicted octanol–water partition coefficient (Wildman–Crippen LogP) is 4.90. The number of ether oxygens (including phenoxy) is 1. The van der Waals surface area contributed by atoms with Gasteiger partial charge in [-0.15, -0.1) is 0 Å². The van der Waals surface area contributed by atoms with Gasteiger partial charge >= 0.3 is 0 Å². The number of carbonyl (C=O) groups is 1. The fourth-order valence-corrected chi connectivity index (χ4v) is 4.05. The van der Waals surface area contributed by atoms with Crippen LogP contribution in [0.4, 0.5) is 11.4 Å². The molecule has 3 aromatic rings. The third-order valence-electron chi connectivity index (χ3n) is 4.95. The fourth-order valence-electron chi connectivity index (χ4n) is 2.99. The summed E-state index contributed by atoms with van der Waals surface area (Å²) < 4.78 is 33.5. The number of amides is 1. The number of para-hydroxylation sites is 1. The lowest BCUT2D eigenvalue weighted by atomic mass is 10.1. The molecule has 0 aromatic heterocycles. The summed E-state index contributed by atoms with van der Waals surface area (Å²) in [6.07, 6.45) is -0.171. The summed E-state index contributed by atoms with van der Waals surface area (Å²) in [6.45, 7) is 5.82. The van der Waals surface area contributed by atoms with Gasteiger partial charge in [0.2, 0.25) is 0 Å². The molecule has 0 spiro atoms. The van der Waals surface area contributed by atoms with E-state index in [0.29, 0.717) is 23.5 Å². The number of benzene rings is 3. The van der Waals surface area contributed by atoms with Crippen LogP contribution in [0.15, 0.2) is 77.7 Å². The average molecular weight is 439 g/mol. The summed E-state index contributed by atoms with van der Waals surface area (Å²) in [5.41, 5.74) is 3.06. The van der Waals surface area contributed by atoms with E-state index < -0.39 is 16.1 Å². The summed E-state index contributed by atoms with van der Waals surface area (Å²) >= 11 is 0. The van der Waals surface area contributed by atoms with Crippen LogP contribution in [0, 0.1) is 13.8 Å². The van der Waals surface area contributed by atoms with Gasteiger partial charge in [-0.1, -0.05) is 37.3 Å². The Morgan fingerprint density at radius 2 is 1.58 bits per heavy atom. The first-order valence-electron chi connectivity index (χ1n) is 10.0. The summed E-state index contributed by atoms with van der Waals surface area (Å²) in [7, 11) is -3.72. The Morgan fingerprint density at radius 3 is 2.23 bits per heavy atom. The van der Waals surface area contributed by atoms with E-state index in [9.17, 15) is 13.2 Å². The van der Waals surface area contributed by atoms with Crippen molar-refractivity contribution < 1.29 is 17.9 Å². The second-order valence-corrected chi connectivity index (χ2v) is 8.88. The SMILES string of the molecule is CC[C@H](Oc1cccc(C)c1C)C(=O)Nc1ccc(S(=O)(=O)Nc2ccccc2)cc1. The molecule has 0 radical (unpaired) electrons. The zero-order chi connectivity index (χ0) is 22.4. The molecule has 0 aliphatic rings. The number of sulfonamides is 1. The highest BCUT2D eigenvalue weighted by molar-refractivity contribution is 7.92. The molecule has 1 amide bonds. The Hall–Kier alpha value is -3.32. The number of hydrogen-bond acceptors (Lipinski definition) is 4. The molecule has 0 aliphatic carbocycles. The fraction of sp³-hybridized carbons (Fsp3) is 0.208. The van der Waals surface area contributed by atoms with Crippen LogP contribution in [-0.4, -0.2) is 20.4 Å². The normalized spacial score (nSPS) is 12.1. The quantitative estimate of drug-likeness (QED) is 0.524. The Labute approximate surface area is 183 Å². The molecule has 0 unspecified atom stereocenters. The highest BCUT2D eigenvalue weighted by atomic mass is 32.2. The lowest BCUT2D eigenvalue weighted by molar-refractivity contribution is -0.122. The van der Waals surface area contributed by atoms with Gasteiger partial charge in [-0.2, -0.15) is 0 Å². The second kappa shape index (κ2) is 9.66. The lowest BCUT2D eigenvalue weighted by Crippen LogP contribution is -2.32. The molecule has 2 N–H and O–H groups in total. The van der Waals surface area contributed by atoms with Gasteiger partial charge in [-0.3, -0.25) is 9.52 Å². The minimum absolute atomic E-state index is 0.105. The molecule has 0 saturated heterocycles. The van der Waals surface area contributed by atoms with Crippen molar-refractivity contribution in [2.45, 2.75) is 38.2 Å². The van der Waals surface area contributed by atoms with Crippen LogP contribution < -0.4 is 14.8 Å². The first kappa shape index (κ1) is 22.4. The van der Waals surface area contributed by atoms with Gasteiger partial charge in [0.25, 0.3) is 15.9 Å². The molecule has 0 saturated carbocycles. The third-order valence-corrected chi connectivity index (χ3v) is 6.34. The van der Waals surface area contributed by atoms with Crippen molar-refractivity contribution >= 4 is 27.3 Å². The largest absolute Gasteiger partial charge is 0.480 e. The second-order valence-electron chi connectivity index (χ2n) is 7.20. The smallest absolute Gasteiger partial charge is 0.265 e. The summed E-state index contributed by atoms with van der Waals surface area (Å²) in [5.74, 6) is 0.386. The Morgan fingerprint density at radius 1 is 0.903 bits per heavy atom. The van der Waals surface area contributed by atoms with Gasteiger partial charge < -0.3 is 10.1 Å². The van der Waals surface area contributed by atoms with Gasteiger partial charge in [0.05, 0.1) is 4.90 Å². The molecule has 0 fully saturated rings. The van der Waals surface area contributed by atoms with Crippen LogP contribution in [0.2, 0.25) is 0 Å². The monoisotopic (exact) mass is 438 g/mol. The van der Waals surface area contributed by atoms with Crippen LogP contribution in [0.1, 0.15) is 24.5 Å². The number of hydrogen-bond donors (Lipinski definition) is 2.